The number of carbonyl (C=O) groups excluding carboxylic acids is 1. The number of hydrogen-bond donors (Lipinski definition) is 2. The second-order valence-electron chi connectivity index (χ2n) is 5.24. The van der Waals surface area contributed by atoms with Crippen LogP contribution in [0.1, 0.15) is 23.2 Å². The highest BCUT2D eigenvalue weighted by Gasteiger charge is 2.32. The van der Waals surface area contributed by atoms with Crippen molar-refractivity contribution >= 4 is 22.5 Å². The van der Waals surface area contributed by atoms with Gasteiger partial charge in [0.15, 0.2) is 5.84 Å². The van der Waals surface area contributed by atoms with Gasteiger partial charge in [-0.05, 0) is 35.7 Å². The summed E-state index contributed by atoms with van der Waals surface area (Å²) in [4.78, 5) is 14.3. The van der Waals surface area contributed by atoms with Crippen molar-refractivity contribution in [2.45, 2.75) is 18.9 Å². The minimum atomic E-state index is -0.311. The SMILES string of the molecule is NC(=NO)C1CCCN1C(=O)c1ccc2ccccc2c1. The van der Waals surface area contributed by atoms with Crippen molar-refractivity contribution in [3.63, 3.8) is 0 Å². The van der Waals surface area contributed by atoms with E-state index in [1.807, 2.05) is 42.5 Å². The van der Waals surface area contributed by atoms with Crippen molar-refractivity contribution in [1.29, 1.82) is 0 Å². The van der Waals surface area contributed by atoms with Crippen LogP contribution in [0, 0.1) is 0 Å². The fraction of sp³-hybridized carbons (Fsp3) is 0.250. The molecule has 0 spiro atoms. The topological polar surface area (TPSA) is 78.9 Å². The number of likely N-dealkylation sites (tertiary alicyclic amines) is 1. The summed E-state index contributed by atoms with van der Waals surface area (Å²) in [7, 11) is 0. The van der Waals surface area contributed by atoms with Crippen molar-refractivity contribution in [3.05, 3.63) is 48.0 Å². The quantitative estimate of drug-likeness (QED) is 0.384. The Labute approximate surface area is 122 Å². The van der Waals surface area contributed by atoms with E-state index in [9.17, 15) is 4.79 Å². The van der Waals surface area contributed by atoms with Crippen molar-refractivity contribution in [1.82, 2.24) is 4.90 Å². The van der Waals surface area contributed by atoms with Crippen molar-refractivity contribution in [2.75, 3.05) is 6.54 Å². The standard InChI is InChI=1S/C16H17N3O2/c17-15(18-21)14-6-3-9-19(14)16(20)13-8-7-11-4-1-2-5-12(11)10-13/h1-2,4-5,7-8,10,14,21H,3,6,9H2,(H2,17,18). The van der Waals surface area contributed by atoms with E-state index in [1.165, 1.54) is 0 Å². The van der Waals surface area contributed by atoms with E-state index in [0.29, 0.717) is 12.1 Å². The van der Waals surface area contributed by atoms with Gasteiger partial charge in [0.2, 0.25) is 0 Å². The lowest BCUT2D eigenvalue weighted by molar-refractivity contribution is 0.0768. The Morgan fingerprint density at radius 3 is 2.76 bits per heavy atom. The van der Waals surface area contributed by atoms with E-state index >= 15 is 0 Å². The van der Waals surface area contributed by atoms with Gasteiger partial charge in [0, 0.05) is 12.1 Å². The predicted molar refractivity (Wildman–Crippen MR) is 81.4 cm³/mol. The monoisotopic (exact) mass is 283 g/mol. The Kier molecular flexibility index (Phi) is 3.48. The molecule has 3 N–H and O–H groups in total. The summed E-state index contributed by atoms with van der Waals surface area (Å²) in [6.45, 7) is 0.631. The molecule has 5 nitrogen and oxygen atoms in total. The zero-order chi connectivity index (χ0) is 14.8. The van der Waals surface area contributed by atoms with Gasteiger partial charge in [-0.15, -0.1) is 0 Å². The molecule has 1 aliphatic heterocycles. The summed E-state index contributed by atoms with van der Waals surface area (Å²) < 4.78 is 0. The zero-order valence-electron chi connectivity index (χ0n) is 11.6. The molecule has 21 heavy (non-hydrogen) atoms. The minimum Gasteiger partial charge on any atom is -0.409 e. The van der Waals surface area contributed by atoms with Gasteiger partial charge in [0.25, 0.3) is 5.91 Å². The summed E-state index contributed by atoms with van der Waals surface area (Å²) in [5, 5.41) is 14.0. The number of amidine groups is 1. The summed E-state index contributed by atoms with van der Waals surface area (Å²) in [6, 6.07) is 13.3. The van der Waals surface area contributed by atoms with Gasteiger partial charge in [-0.3, -0.25) is 4.79 Å². The third-order valence-electron chi connectivity index (χ3n) is 3.97. The lowest BCUT2D eigenvalue weighted by Gasteiger charge is -2.23. The number of nitrogens with two attached hydrogens (primary N) is 1. The van der Waals surface area contributed by atoms with Crippen LogP contribution in [-0.4, -0.2) is 34.4 Å². The third-order valence-corrected chi connectivity index (χ3v) is 3.97. The molecule has 5 heteroatoms. The lowest BCUT2D eigenvalue weighted by Crippen LogP contribution is -2.43. The van der Waals surface area contributed by atoms with Crippen LogP contribution in [0.15, 0.2) is 47.6 Å². The molecule has 0 radical (unpaired) electrons. The second-order valence-corrected chi connectivity index (χ2v) is 5.24. The van der Waals surface area contributed by atoms with Crippen LogP contribution in [0.4, 0.5) is 0 Å². The number of carbonyl (C=O) groups is 1. The Balaban J connectivity index is 1.92. The Morgan fingerprint density at radius 1 is 1.24 bits per heavy atom. The van der Waals surface area contributed by atoms with Crippen LogP contribution in [0.25, 0.3) is 10.8 Å². The van der Waals surface area contributed by atoms with Gasteiger partial charge in [-0.2, -0.15) is 0 Å². The molecule has 1 saturated heterocycles. The van der Waals surface area contributed by atoms with Crippen molar-refractivity contribution in [2.24, 2.45) is 10.9 Å². The maximum Gasteiger partial charge on any atom is 0.254 e. The van der Waals surface area contributed by atoms with E-state index in [4.69, 9.17) is 10.9 Å². The van der Waals surface area contributed by atoms with Gasteiger partial charge >= 0.3 is 0 Å². The number of hydrogen-bond acceptors (Lipinski definition) is 3. The van der Waals surface area contributed by atoms with E-state index < -0.39 is 0 Å². The summed E-state index contributed by atoms with van der Waals surface area (Å²) >= 11 is 0. The largest absolute Gasteiger partial charge is 0.409 e. The highest BCUT2D eigenvalue weighted by molar-refractivity contribution is 6.01. The van der Waals surface area contributed by atoms with Crippen LogP contribution in [0.3, 0.4) is 0 Å². The number of amides is 1. The van der Waals surface area contributed by atoms with Gasteiger partial charge in [0.1, 0.15) is 0 Å². The average molecular weight is 283 g/mol. The molecule has 0 saturated carbocycles. The third kappa shape index (κ3) is 2.42. The first-order valence-electron chi connectivity index (χ1n) is 6.98. The second kappa shape index (κ2) is 5.44. The lowest BCUT2D eigenvalue weighted by atomic mass is 10.1. The minimum absolute atomic E-state index is 0.0742. The van der Waals surface area contributed by atoms with Gasteiger partial charge < -0.3 is 15.8 Å². The molecule has 1 amide bonds. The molecule has 1 atom stereocenters. The first-order valence-corrected chi connectivity index (χ1v) is 6.98. The summed E-state index contributed by atoms with van der Waals surface area (Å²) in [5.41, 5.74) is 6.31. The Hall–Kier alpha value is -2.56. The van der Waals surface area contributed by atoms with E-state index in [1.54, 1.807) is 4.90 Å². The van der Waals surface area contributed by atoms with E-state index in [0.717, 1.165) is 23.6 Å². The first kappa shape index (κ1) is 13.4. The molecule has 0 aliphatic carbocycles. The number of fused-ring (bicyclic) bond motifs is 1. The molecular formula is C16H17N3O2. The molecule has 1 unspecified atom stereocenters. The van der Waals surface area contributed by atoms with Crippen LogP contribution < -0.4 is 5.73 Å². The number of nitrogens with zero attached hydrogens (tertiary/aromatic N) is 2. The maximum absolute atomic E-state index is 12.7. The summed E-state index contributed by atoms with van der Waals surface area (Å²) in [6.07, 6.45) is 1.59. The van der Waals surface area contributed by atoms with Gasteiger partial charge in [-0.25, -0.2) is 0 Å². The van der Waals surface area contributed by atoms with Gasteiger partial charge in [-0.1, -0.05) is 35.5 Å². The zero-order valence-corrected chi connectivity index (χ0v) is 11.6. The Morgan fingerprint density at radius 2 is 2.00 bits per heavy atom. The normalized spacial score (nSPS) is 19.1. The highest BCUT2D eigenvalue weighted by atomic mass is 16.4. The maximum atomic E-state index is 12.7. The fourth-order valence-electron chi connectivity index (χ4n) is 2.87. The molecular weight excluding hydrogens is 266 g/mol. The highest BCUT2D eigenvalue weighted by Crippen LogP contribution is 2.22. The van der Waals surface area contributed by atoms with Crippen LogP contribution in [0.5, 0.6) is 0 Å². The van der Waals surface area contributed by atoms with Crippen LogP contribution in [0.2, 0.25) is 0 Å². The fourth-order valence-corrected chi connectivity index (χ4v) is 2.87. The van der Waals surface area contributed by atoms with E-state index in [2.05, 4.69) is 5.16 Å². The molecule has 0 bridgehead atoms. The number of benzene rings is 2. The molecule has 1 fully saturated rings. The van der Waals surface area contributed by atoms with Crippen molar-refractivity contribution in [3.8, 4) is 0 Å². The van der Waals surface area contributed by atoms with Crippen LogP contribution in [-0.2, 0) is 0 Å². The average Bonchev–Trinajstić information content (AvgIpc) is 3.02. The molecule has 3 rings (SSSR count). The molecule has 108 valence electrons. The van der Waals surface area contributed by atoms with Crippen LogP contribution >= 0.6 is 0 Å². The molecule has 1 heterocycles. The molecule has 0 aromatic heterocycles. The smallest absolute Gasteiger partial charge is 0.254 e. The van der Waals surface area contributed by atoms with E-state index in [-0.39, 0.29) is 17.8 Å². The Bertz CT molecular complexity index is 711. The van der Waals surface area contributed by atoms with Gasteiger partial charge in [0.05, 0.1) is 6.04 Å². The molecule has 2 aromatic rings. The number of oxime groups is 1. The number of rotatable bonds is 2. The molecule has 1 aliphatic rings. The first-order chi connectivity index (χ1) is 10.2. The van der Waals surface area contributed by atoms with Crippen molar-refractivity contribution < 1.29 is 10.0 Å². The molecule has 2 aromatic carbocycles. The predicted octanol–water partition coefficient (Wildman–Crippen LogP) is 2.19. The summed E-state index contributed by atoms with van der Waals surface area (Å²) in [5.74, 6) is 0.0245.